The van der Waals surface area contributed by atoms with Crippen molar-refractivity contribution in [3.63, 3.8) is 0 Å². The molecule has 1 aliphatic heterocycles. The number of nitrogens with one attached hydrogen (secondary N) is 1. The smallest absolute Gasteiger partial charge is 0.257 e. The van der Waals surface area contributed by atoms with Gasteiger partial charge in [0.2, 0.25) is 0 Å². The lowest BCUT2D eigenvalue weighted by Crippen LogP contribution is -2.44. The minimum absolute atomic E-state index is 0.0297. The van der Waals surface area contributed by atoms with Crippen LogP contribution >= 0.6 is 0 Å². The molecule has 148 valence electrons. The summed E-state index contributed by atoms with van der Waals surface area (Å²) in [4.78, 5) is 14.8. The highest BCUT2D eigenvalue weighted by Gasteiger charge is 2.32. The van der Waals surface area contributed by atoms with Crippen molar-refractivity contribution < 1.29 is 19.0 Å². The fourth-order valence-corrected chi connectivity index (χ4v) is 3.15. The van der Waals surface area contributed by atoms with Crippen molar-refractivity contribution in [2.24, 2.45) is 0 Å². The third-order valence-corrected chi connectivity index (χ3v) is 4.54. The first kappa shape index (κ1) is 19.8. The van der Waals surface area contributed by atoms with Crippen LogP contribution in [0.4, 0.5) is 5.69 Å². The van der Waals surface area contributed by atoms with Crippen molar-refractivity contribution in [2.45, 2.75) is 13.1 Å². The average molecular weight is 382 g/mol. The average Bonchev–Trinajstić information content (AvgIpc) is 2.71. The van der Waals surface area contributed by atoms with E-state index in [1.54, 1.807) is 19.1 Å². The predicted octanol–water partition coefficient (Wildman–Crippen LogP) is 3.86. The summed E-state index contributed by atoms with van der Waals surface area (Å²) in [6, 6.07) is 13.2. The van der Waals surface area contributed by atoms with E-state index in [9.17, 15) is 4.79 Å². The van der Waals surface area contributed by atoms with Crippen molar-refractivity contribution in [2.75, 3.05) is 39.3 Å². The molecule has 0 saturated carbocycles. The largest absolute Gasteiger partial charge is 0.493 e. The van der Waals surface area contributed by atoms with Gasteiger partial charge in [-0.05, 0) is 42.3 Å². The molecule has 0 fully saturated rings. The molecule has 1 amide bonds. The molecular formula is C22H26N2O4. The number of rotatable bonds is 8. The molecule has 28 heavy (non-hydrogen) atoms. The van der Waals surface area contributed by atoms with Crippen LogP contribution in [0.25, 0.3) is 0 Å². The fourth-order valence-electron chi connectivity index (χ4n) is 3.15. The molecule has 1 atom stereocenters. The number of carbonyl (C=O) groups is 1. The van der Waals surface area contributed by atoms with E-state index in [0.29, 0.717) is 36.8 Å². The molecule has 0 spiro atoms. The van der Waals surface area contributed by atoms with Crippen LogP contribution in [0.1, 0.15) is 29.0 Å². The Morgan fingerprint density at radius 1 is 1.18 bits per heavy atom. The van der Waals surface area contributed by atoms with Gasteiger partial charge in [-0.3, -0.25) is 4.79 Å². The lowest BCUT2D eigenvalue weighted by atomic mass is 10.0. The molecule has 1 aliphatic rings. The number of nitrogens with zero attached hydrogens (tertiary/aromatic N) is 1. The van der Waals surface area contributed by atoms with Gasteiger partial charge in [0.25, 0.3) is 5.91 Å². The van der Waals surface area contributed by atoms with E-state index in [1.807, 2.05) is 49.4 Å². The van der Waals surface area contributed by atoms with Crippen LogP contribution in [0.3, 0.4) is 0 Å². The third-order valence-electron chi connectivity index (χ3n) is 4.54. The highest BCUT2D eigenvalue weighted by atomic mass is 16.5. The first-order valence-corrected chi connectivity index (χ1v) is 9.15. The van der Waals surface area contributed by atoms with Gasteiger partial charge in [-0.1, -0.05) is 24.8 Å². The Labute approximate surface area is 165 Å². The highest BCUT2D eigenvalue weighted by Crippen LogP contribution is 2.36. The molecule has 2 aromatic rings. The minimum atomic E-state index is -0.332. The standard InChI is InChI=1S/C22H26N2O4/c1-15(2)14-28-19-10-9-16(13-20(19)27-4)21-23-18-8-6-5-7-17(18)22(25)24(21)11-12-26-3/h5-10,13,21,23H,1,11-12,14H2,2-4H3. The number of ether oxygens (including phenoxy) is 3. The quantitative estimate of drug-likeness (QED) is 0.703. The van der Waals surface area contributed by atoms with Gasteiger partial charge in [0.15, 0.2) is 11.5 Å². The van der Waals surface area contributed by atoms with Crippen molar-refractivity contribution in [3.05, 3.63) is 65.7 Å². The summed E-state index contributed by atoms with van der Waals surface area (Å²) < 4.78 is 16.5. The maximum absolute atomic E-state index is 13.1. The Kier molecular flexibility index (Phi) is 6.21. The lowest BCUT2D eigenvalue weighted by molar-refractivity contribution is 0.0609. The summed E-state index contributed by atoms with van der Waals surface area (Å²) in [5.41, 5.74) is 3.29. The van der Waals surface area contributed by atoms with Gasteiger partial charge >= 0.3 is 0 Å². The number of amides is 1. The van der Waals surface area contributed by atoms with E-state index in [1.165, 1.54) is 0 Å². The molecule has 1 N–H and O–H groups in total. The lowest BCUT2D eigenvalue weighted by Gasteiger charge is -2.38. The van der Waals surface area contributed by atoms with Gasteiger partial charge in [0, 0.05) is 19.3 Å². The molecular weight excluding hydrogens is 356 g/mol. The first-order chi connectivity index (χ1) is 13.5. The molecule has 0 saturated heterocycles. The Balaban J connectivity index is 1.95. The second-order valence-corrected chi connectivity index (χ2v) is 6.74. The SMILES string of the molecule is C=C(C)COc1ccc(C2Nc3ccccc3C(=O)N2CCOC)cc1OC. The van der Waals surface area contributed by atoms with Crippen LogP contribution in [-0.2, 0) is 4.74 Å². The summed E-state index contributed by atoms with van der Waals surface area (Å²) in [6.07, 6.45) is -0.332. The maximum Gasteiger partial charge on any atom is 0.257 e. The Morgan fingerprint density at radius 2 is 1.96 bits per heavy atom. The van der Waals surface area contributed by atoms with Crippen molar-refractivity contribution in [3.8, 4) is 11.5 Å². The van der Waals surface area contributed by atoms with Gasteiger partial charge in [0.05, 0.1) is 19.3 Å². The molecule has 3 rings (SSSR count). The number of anilines is 1. The van der Waals surface area contributed by atoms with Crippen LogP contribution in [0, 0.1) is 0 Å². The van der Waals surface area contributed by atoms with Crippen LogP contribution in [0.15, 0.2) is 54.6 Å². The third kappa shape index (κ3) is 4.12. The minimum Gasteiger partial charge on any atom is -0.493 e. The summed E-state index contributed by atoms with van der Waals surface area (Å²) >= 11 is 0. The van der Waals surface area contributed by atoms with E-state index in [-0.39, 0.29) is 12.1 Å². The van der Waals surface area contributed by atoms with Crippen LogP contribution < -0.4 is 14.8 Å². The van der Waals surface area contributed by atoms with Crippen molar-refractivity contribution >= 4 is 11.6 Å². The van der Waals surface area contributed by atoms with Crippen LogP contribution in [0.2, 0.25) is 0 Å². The molecule has 1 unspecified atom stereocenters. The summed E-state index contributed by atoms with van der Waals surface area (Å²) in [7, 11) is 3.23. The molecule has 0 aromatic heterocycles. The van der Waals surface area contributed by atoms with Crippen molar-refractivity contribution in [1.29, 1.82) is 0 Å². The van der Waals surface area contributed by atoms with E-state index in [0.717, 1.165) is 16.8 Å². The summed E-state index contributed by atoms with van der Waals surface area (Å²) in [6.45, 7) is 7.10. The van der Waals surface area contributed by atoms with Gasteiger partial charge in [0.1, 0.15) is 12.8 Å². The highest BCUT2D eigenvalue weighted by molar-refractivity contribution is 6.01. The van der Waals surface area contributed by atoms with Gasteiger partial charge in [-0.2, -0.15) is 0 Å². The molecule has 1 heterocycles. The molecule has 0 bridgehead atoms. The van der Waals surface area contributed by atoms with Gasteiger partial charge < -0.3 is 24.4 Å². The van der Waals surface area contributed by atoms with Gasteiger partial charge in [-0.25, -0.2) is 0 Å². The second kappa shape index (κ2) is 8.80. The van der Waals surface area contributed by atoms with E-state index >= 15 is 0 Å². The summed E-state index contributed by atoms with van der Waals surface area (Å²) in [5.74, 6) is 1.22. The maximum atomic E-state index is 13.1. The van der Waals surface area contributed by atoms with E-state index < -0.39 is 0 Å². The molecule has 0 aliphatic carbocycles. The number of fused-ring (bicyclic) bond motifs is 1. The zero-order valence-corrected chi connectivity index (χ0v) is 16.5. The topological polar surface area (TPSA) is 60.0 Å². The summed E-state index contributed by atoms with van der Waals surface area (Å²) in [5, 5.41) is 3.46. The van der Waals surface area contributed by atoms with Crippen LogP contribution in [0.5, 0.6) is 11.5 Å². The second-order valence-electron chi connectivity index (χ2n) is 6.74. The molecule has 6 heteroatoms. The zero-order valence-electron chi connectivity index (χ0n) is 16.5. The normalized spacial score (nSPS) is 15.6. The fraction of sp³-hybridized carbons (Fsp3) is 0.318. The number of methoxy groups -OCH3 is 2. The Bertz CT molecular complexity index is 865. The van der Waals surface area contributed by atoms with E-state index in [2.05, 4.69) is 11.9 Å². The Hall–Kier alpha value is -2.99. The number of benzene rings is 2. The van der Waals surface area contributed by atoms with Gasteiger partial charge in [-0.15, -0.1) is 0 Å². The molecule has 6 nitrogen and oxygen atoms in total. The number of hydrogen-bond donors (Lipinski definition) is 1. The number of hydrogen-bond acceptors (Lipinski definition) is 5. The van der Waals surface area contributed by atoms with Crippen molar-refractivity contribution in [1.82, 2.24) is 4.90 Å². The first-order valence-electron chi connectivity index (χ1n) is 9.15. The molecule has 0 radical (unpaired) electrons. The van der Waals surface area contributed by atoms with E-state index in [4.69, 9.17) is 14.2 Å². The number of para-hydroxylation sites is 1. The predicted molar refractivity (Wildman–Crippen MR) is 109 cm³/mol. The Morgan fingerprint density at radius 3 is 2.68 bits per heavy atom. The molecule has 2 aromatic carbocycles. The zero-order chi connectivity index (χ0) is 20.1. The van der Waals surface area contributed by atoms with Crippen LogP contribution in [-0.4, -0.2) is 44.8 Å². The monoisotopic (exact) mass is 382 g/mol. The number of carbonyl (C=O) groups excluding carboxylic acids is 1.